The van der Waals surface area contributed by atoms with Crippen LogP contribution < -0.4 is 0 Å². The van der Waals surface area contributed by atoms with E-state index >= 15 is 0 Å². The average Bonchev–Trinajstić information content (AvgIpc) is 2.74. The molecule has 1 aromatic carbocycles. The second-order valence-corrected chi connectivity index (χ2v) is 5.08. The summed E-state index contributed by atoms with van der Waals surface area (Å²) in [5.41, 5.74) is 2.59. The number of carbonyl (C=O) groups excluding carboxylic acids is 1. The molecule has 110 valence electrons. The SMILES string of the molecule is Cc1[nH]c(C(=O)O)c(C)c1C(=O)N(C)Cc1ccccc1. The number of carbonyl (C=O) groups is 2. The lowest BCUT2D eigenvalue weighted by atomic mass is 10.1. The van der Waals surface area contributed by atoms with Crippen LogP contribution >= 0.6 is 0 Å². The standard InChI is InChI=1S/C16H18N2O3/c1-10-13(11(2)17-14(10)16(20)21)15(19)18(3)9-12-7-5-4-6-8-12/h4-8,17H,9H2,1-3H3,(H,20,21). The maximum atomic E-state index is 12.5. The molecule has 0 fully saturated rings. The molecule has 0 saturated heterocycles. The molecule has 0 aliphatic heterocycles. The van der Waals surface area contributed by atoms with Gasteiger partial charge in [0.25, 0.3) is 5.91 Å². The number of aromatic amines is 1. The van der Waals surface area contributed by atoms with E-state index in [1.807, 2.05) is 30.3 Å². The van der Waals surface area contributed by atoms with Crippen LogP contribution in [0.2, 0.25) is 0 Å². The first-order valence-electron chi connectivity index (χ1n) is 6.63. The zero-order valence-corrected chi connectivity index (χ0v) is 12.3. The molecule has 1 heterocycles. The van der Waals surface area contributed by atoms with Crippen LogP contribution in [0.1, 0.15) is 37.7 Å². The van der Waals surface area contributed by atoms with Crippen molar-refractivity contribution in [2.24, 2.45) is 0 Å². The van der Waals surface area contributed by atoms with Crippen LogP contribution in [0.25, 0.3) is 0 Å². The summed E-state index contributed by atoms with van der Waals surface area (Å²) in [7, 11) is 1.71. The predicted molar refractivity (Wildman–Crippen MR) is 79.5 cm³/mol. The fraction of sp³-hybridized carbons (Fsp3) is 0.250. The first kappa shape index (κ1) is 14.8. The van der Waals surface area contributed by atoms with Crippen molar-refractivity contribution in [1.82, 2.24) is 9.88 Å². The van der Waals surface area contributed by atoms with Crippen LogP contribution in [0, 0.1) is 13.8 Å². The number of rotatable bonds is 4. The van der Waals surface area contributed by atoms with E-state index in [9.17, 15) is 9.59 Å². The highest BCUT2D eigenvalue weighted by atomic mass is 16.4. The van der Waals surface area contributed by atoms with Gasteiger partial charge in [0.1, 0.15) is 5.69 Å². The van der Waals surface area contributed by atoms with E-state index in [1.165, 1.54) is 0 Å². The van der Waals surface area contributed by atoms with Crippen molar-refractivity contribution in [3.8, 4) is 0 Å². The second kappa shape index (κ2) is 5.83. The number of nitrogens with one attached hydrogen (secondary N) is 1. The molecule has 2 N–H and O–H groups in total. The normalized spacial score (nSPS) is 10.4. The Hall–Kier alpha value is -2.56. The average molecular weight is 286 g/mol. The Morgan fingerprint density at radius 3 is 2.33 bits per heavy atom. The van der Waals surface area contributed by atoms with Crippen LogP contribution in [0.15, 0.2) is 30.3 Å². The minimum absolute atomic E-state index is 0.0731. The molecule has 1 aromatic heterocycles. The summed E-state index contributed by atoms with van der Waals surface area (Å²) in [6, 6.07) is 9.66. The number of carboxylic acids is 1. The van der Waals surface area contributed by atoms with E-state index in [0.29, 0.717) is 23.4 Å². The molecule has 5 heteroatoms. The Kier molecular flexibility index (Phi) is 4.12. The third-order valence-electron chi connectivity index (χ3n) is 3.47. The molecule has 0 aliphatic carbocycles. The van der Waals surface area contributed by atoms with Crippen molar-refractivity contribution in [2.75, 3.05) is 7.05 Å². The maximum absolute atomic E-state index is 12.5. The van der Waals surface area contributed by atoms with Gasteiger partial charge < -0.3 is 15.0 Å². The molecule has 0 aliphatic rings. The van der Waals surface area contributed by atoms with Crippen molar-refractivity contribution < 1.29 is 14.7 Å². The number of aromatic nitrogens is 1. The molecule has 0 spiro atoms. The Morgan fingerprint density at radius 1 is 1.19 bits per heavy atom. The predicted octanol–water partition coefficient (Wildman–Crippen LogP) is 2.60. The van der Waals surface area contributed by atoms with Gasteiger partial charge in [0.05, 0.1) is 5.56 Å². The minimum Gasteiger partial charge on any atom is -0.477 e. The van der Waals surface area contributed by atoms with Crippen molar-refractivity contribution >= 4 is 11.9 Å². The van der Waals surface area contributed by atoms with Crippen molar-refractivity contribution in [1.29, 1.82) is 0 Å². The summed E-state index contributed by atoms with van der Waals surface area (Å²) in [5, 5.41) is 9.10. The van der Waals surface area contributed by atoms with Crippen LogP contribution in [0.3, 0.4) is 0 Å². The van der Waals surface area contributed by atoms with E-state index in [4.69, 9.17) is 5.11 Å². The fourth-order valence-electron chi connectivity index (χ4n) is 2.40. The smallest absolute Gasteiger partial charge is 0.352 e. The van der Waals surface area contributed by atoms with Crippen molar-refractivity contribution in [2.45, 2.75) is 20.4 Å². The number of amides is 1. The second-order valence-electron chi connectivity index (χ2n) is 5.08. The number of H-pyrrole nitrogens is 1. The third kappa shape index (κ3) is 2.97. The molecule has 0 saturated carbocycles. The molecule has 0 atom stereocenters. The van der Waals surface area contributed by atoms with Crippen LogP contribution in [0.5, 0.6) is 0 Å². The molecule has 0 radical (unpaired) electrons. The number of hydrogen-bond acceptors (Lipinski definition) is 2. The van der Waals surface area contributed by atoms with Gasteiger partial charge in [-0.15, -0.1) is 0 Å². The van der Waals surface area contributed by atoms with Gasteiger partial charge in [0.15, 0.2) is 0 Å². The molecule has 5 nitrogen and oxygen atoms in total. The minimum atomic E-state index is -1.06. The highest BCUT2D eigenvalue weighted by molar-refractivity contribution is 6.00. The summed E-state index contributed by atoms with van der Waals surface area (Å²) in [6.07, 6.45) is 0. The lowest BCUT2D eigenvalue weighted by Crippen LogP contribution is -2.27. The topological polar surface area (TPSA) is 73.4 Å². The molecular formula is C16H18N2O3. The van der Waals surface area contributed by atoms with E-state index in [2.05, 4.69) is 4.98 Å². The number of hydrogen-bond donors (Lipinski definition) is 2. The zero-order valence-electron chi connectivity index (χ0n) is 12.3. The summed E-state index contributed by atoms with van der Waals surface area (Å²) in [6.45, 7) is 3.84. The van der Waals surface area contributed by atoms with E-state index in [0.717, 1.165) is 5.56 Å². The Labute approximate surface area is 123 Å². The summed E-state index contributed by atoms with van der Waals surface area (Å²) in [5.74, 6) is -1.24. The van der Waals surface area contributed by atoms with E-state index in [-0.39, 0.29) is 11.6 Å². The molecule has 1 amide bonds. The molecule has 2 rings (SSSR count). The molecule has 0 bridgehead atoms. The monoisotopic (exact) mass is 286 g/mol. The van der Waals surface area contributed by atoms with Gasteiger partial charge >= 0.3 is 5.97 Å². The number of aryl methyl sites for hydroxylation is 1. The van der Waals surface area contributed by atoms with Crippen molar-refractivity contribution in [3.63, 3.8) is 0 Å². The molecule has 0 unspecified atom stereocenters. The highest BCUT2D eigenvalue weighted by Gasteiger charge is 2.23. The number of aromatic carboxylic acids is 1. The summed E-state index contributed by atoms with van der Waals surface area (Å²) in [4.78, 5) is 28.0. The third-order valence-corrected chi connectivity index (χ3v) is 3.47. The van der Waals surface area contributed by atoms with Gasteiger partial charge in [-0.25, -0.2) is 4.79 Å². The fourth-order valence-corrected chi connectivity index (χ4v) is 2.40. The maximum Gasteiger partial charge on any atom is 0.352 e. The number of benzene rings is 1. The van der Waals surface area contributed by atoms with Gasteiger partial charge in [0, 0.05) is 19.3 Å². The lowest BCUT2D eigenvalue weighted by molar-refractivity contribution is 0.0690. The van der Waals surface area contributed by atoms with Gasteiger partial charge in [0.2, 0.25) is 0 Å². The summed E-state index contributed by atoms with van der Waals surface area (Å²) >= 11 is 0. The Bertz CT molecular complexity index is 674. The molecule has 2 aromatic rings. The van der Waals surface area contributed by atoms with Crippen LogP contribution in [-0.4, -0.2) is 33.9 Å². The largest absolute Gasteiger partial charge is 0.477 e. The van der Waals surface area contributed by atoms with Gasteiger partial charge in [-0.2, -0.15) is 0 Å². The molecular weight excluding hydrogens is 268 g/mol. The Morgan fingerprint density at radius 2 is 1.81 bits per heavy atom. The van der Waals surface area contributed by atoms with Gasteiger partial charge in [-0.3, -0.25) is 4.79 Å². The van der Waals surface area contributed by atoms with E-state index < -0.39 is 5.97 Å². The first-order valence-corrected chi connectivity index (χ1v) is 6.63. The van der Waals surface area contributed by atoms with Gasteiger partial charge in [-0.1, -0.05) is 30.3 Å². The first-order chi connectivity index (χ1) is 9.91. The van der Waals surface area contributed by atoms with Crippen LogP contribution in [0.4, 0.5) is 0 Å². The highest BCUT2D eigenvalue weighted by Crippen LogP contribution is 2.20. The van der Waals surface area contributed by atoms with Crippen LogP contribution in [-0.2, 0) is 6.54 Å². The number of carboxylic acid groups (broad SMARTS) is 1. The number of nitrogens with zero attached hydrogens (tertiary/aromatic N) is 1. The summed E-state index contributed by atoms with van der Waals surface area (Å²) < 4.78 is 0. The quantitative estimate of drug-likeness (QED) is 0.907. The van der Waals surface area contributed by atoms with Gasteiger partial charge in [-0.05, 0) is 25.0 Å². The molecule has 21 heavy (non-hydrogen) atoms. The van der Waals surface area contributed by atoms with Crippen molar-refractivity contribution in [3.05, 3.63) is 58.4 Å². The zero-order chi connectivity index (χ0) is 15.6. The lowest BCUT2D eigenvalue weighted by Gasteiger charge is -2.18. The van der Waals surface area contributed by atoms with E-state index in [1.54, 1.807) is 25.8 Å². The Balaban J connectivity index is 2.26.